The number of anilines is 3. The van der Waals surface area contributed by atoms with Crippen molar-refractivity contribution in [3.63, 3.8) is 0 Å². The highest BCUT2D eigenvalue weighted by Gasteiger charge is 2.21. The summed E-state index contributed by atoms with van der Waals surface area (Å²) in [6, 6.07) is 16.7. The van der Waals surface area contributed by atoms with E-state index < -0.39 is 0 Å². The van der Waals surface area contributed by atoms with E-state index in [1.165, 1.54) is 6.33 Å². The largest absolute Gasteiger partial charge is 0.486 e. The Labute approximate surface area is 208 Å². The minimum absolute atomic E-state index is 0.0235. The standard InChI is InChI=1S/C26H25ClN6O2/c27-22-13-19(7-9-24(22)35-15-20-5-1-2-11-29-20)32-25-21-12-18(6-8-23(21)30-16-31-25)33-26(34)17-4-3-10-28-14-17/h1-2,5-9,11-13,16-17,28H,3-4,10,14-15H2,(H,33,34)(H,30,31,32). The molecule has 0 aliphatic carbocycles. The lowest BCUT2D eigenvalue weighted by molar-refractivity contribution is -0.120. The Morgan fingerprint density at radius 3 is 2.80 bits per heavy atom. The minimum Gasteiger partial charge on any atom is -0.486 e. The maximum Gasteiger partial charge on any atom is 0.228 e. The highest BCUT2D eigenvalue weighted by molar-refractivity contribution is 6.32. The molecule has 1 atom stereocenters. The van der Waals surface area contributed by atoms with E-state index in [0.717, 1.165) is 41.7 Å². The molecule has 1 saturated heterocycles. The van der Waals surface area contributed by atoms with Crippen molar-refractivity contribution >= 4 is 45.6 Å². The first-order chi connectivity index (χ1) is 17.2. The van der Waals surface area contributed by atoms with Crippen LogP contribution in [0.3, 0.4) is 0 Å². The van der Waals surface area contributed by atoms with Crippen molar-refractivity contribution in [2.45, 2.75) is 19.4 Å². The summed E-state index contributed by atoms with van der Waals surface area (Å²) in [5.41, 5.74) is 3.05. The Balaban J connectivity index is 1.31. The highest BCUT2D eigenvalue weighted by atomic mass is 35.5. The number of nitrogens with zero attached hydrogens (tertiary/aromatic N) is 3. The van der Waals surface area contributed by atoms with Crippen LogP contribution in [0.2, 0.25) is 5.02 Å². The van der Waals surface area contributed by atoms with Crippen LogP contribution in [0.5, 0.6) is 5.75 Å². The Hall–Kier alpha value is -3.75. The van der Waals surface area contributed by atoms with Gasteiger partial charge in [-0.15, -0.1) is 0 Å². The van der Waals surface area contributed by atoms with Gasteiger partial charge in [-0.25, -0.2) is 9.97 Å². The lowest BCUT2D eigenvalue weighted by atomic mass is 9.99. The Morgan fingerprint density at radius 1 is 1.09 bits per heavy atom. The number of amides is 1. The molecule has 5 rings (SSSR count). The minimum atomic E-state index is -0.0235. The molecule has 8 nitrogen and oxygen atoms in total. The average molecular weight is 489 g/mol. The molecule has 3 heterocycles. The number of hydrogen-bond acceptors (Lipinski definition) is 7. The quantitative estimate of drug-likeness (QED) is 0.338. The number of fused-ring (bicyclic) bond motifs is 1. The van der Waals surface area contributed by atoms with E-state index >= 15 is 0 Å². The SMILES string of the molecule is O=C(Nc1ccc2ncnc(Nc3ccc(OCc4ccccn4)c(Cl)c3)c2c1)C1CCCNC1. The van der Waals surface area contributed by atoms with E-state index in [0.29, 0.717) is 35.4 Å². The first kappa shape index (κ1) is 23.0. The van der Waals surface area contributed by atoms with Gasteiger partial charge in [-0.3, -0.25) is 9.78 Å². The summed E-state index contributed by atoms with van der Waals surface area (Å²) in [5.74, 6) is 1.18. The van der Waals surface area contributed by atoms with Gasteiger partial charge in [0.2, 0.25) is 5.91 Å². The van der Waals surface area contributed by atoms with Gasteiger partial charge in [0.15, 0.2) is 0 Å². The van der Waals surface area contributed by atoms with Crippen LogP contribution in [0.1, 0.15) is 18.5 Å². The van der Waals surface area contributed by atoms with Gasteiger partial charge >= 0.3 is 0 Å². The molecule has 9 heteroatoms. The third kappa shape index (κ3) is 5.67. The van der Waals surface area contributed by atoms with Gasteiger partial charge in [-0.05, 0) is 67.9 Å². The highest BCUT2D eigenvalue weighted by Crippen LogP contribution is 2.31. The van der Waals surface area contributed by atoms with Gasteiger partial charge in [-0.1, -0.05) is 17.7 Å². The molecule has 1 aliphatic heterocycles. The van der Waals surface area contributed by atoms with Crippen molar-refractivity contribution in [3.8, 4) is 5.75 Å². The summed E-state index contributed by atoms with van der Waals surface area (Å²) in [7, 11) is 0. The summed E-state index contributed by atoms with van der Waals surface area (Å²) in [6.45, 7) is 2.00. The maximum atomic E-state index is 12.7. The molecule has 1 amide bonds. The summed E-state index contributed by atoms with van der Waals surface area (Å²) in [6.07, 6.45) is 5.13. The van der Waals surface area contributed by atoms with Gasteiger partial charge < -0.3 is 20.7 Å². The zero-order valence-corrected chi connectivity index (χ0v) is 19.8. The number of benzene rings is 2. The van der Waals surface area contributed by atoms with Crippen LogP contribution >= 0.6 is 11.6 Å². The molecule has 3 N–H and O–H groups in total. The molecule has 1 fully saturated rings. The fourth-order valence-electron chi connectivity index (χ4n) is 4.02. The van der Waals surface area contributed by atoms with E-state index in [1.807, 2.05) is 42.5 Å². The van der Waals surface area contributed by atoms with Crippen LogP contribution in [-0.2, 0) is 11.4 Å². The number of rotatable bonds is 7. The summed E-state index contributed by atoms with van der Waals surface area (Å²) >= 11 is 6.47. The van der Waals surface area contributed by atoms with Crippen LogP contribution in [-0.4, -0.2) is 33.9 Å². The predicted molar refractivity (Wildman–Crippen MR) is 137 cm³/mol. The van der Waals surface area contributed by atoms with Crippen molar-refractivity contribution in [1.29, 1.82) is 0 Å². The monoisotopic (exact) mass is 488 g/mol. The number of piperidine rings is 1. The fraction of sp³-hybridized carbons (Fsp3) is 0.231. The maximum absolute atomic E-state index is 12.7. The number of aromatic nitrogens is 3. The van der Waals surface area contributed by atoms with Crippen molar-refractivity contribution < 1.29 is 9.53 Å². The Bertz CT molecular complexity index is 1330. The number of ether oxygens (including phenoxy) is 1. The Morgan fingerprint density at radius 2 is 2.00 bits per heavy atom. The van der Waals surface area contributed by atoms with Crippen LogP contribution in [0.4, 0.5) is 17.2 Å². The van der Waals surface area contributed by atoms with E-state index in [4.69, 9.17) is 16.3 Å². The zero-order chi connectivity index (χ0) is 24.0. The van der Waals surface area contributed by atoms with Crippen molar-refractivity contribution in [1.82, 2.24) is 20.3 Å². The molecular weight excluding hydrogens is 464 g/mol. The van der Waals surface area contributed by atoms with Crippen LogP contribution in [0.15, 0.2) is 67.1 Å². The van der Waals surface area contributed by atoms with E-state index in [1.54, 1.807) is 18.3 Å². The number of pyridine rings is 1. The molecule has 1 unspecified atom stereocenters. The second kappa shape index (κ2) is 10.7. The first-order valence-electron chi connectivity index (χ1n) is 11.5. The number of nitrogens with one attached hydrogen (secondary N) is 3. The normalized spacial score (nSPS) is 15.5. The molecule has 2 aromatic heterocycles. The van der Waals surface area contributed by atoms with Crippen molar-refractivity contribution in [3.05, 3.63) is 77.8 Å². The first-order valence-corrected chi connectivity index (χ1v) is 11.9. The summed E-state index contributed by atoms with van der Waals surface area (Å²) in [5, 5.41) is 10.9. The summed E-state index contributed by atoms with van der Waals surface area (Å²) in [4.78, 5) is 25.7. The Kier molecular flexibility index (Phi) is 7.02. The van der Waals surface area contributed by atoms with Gasteiger partial charge in [0.25, 0.3) is 0 Å². The molecule has 178 valence electrons. The topological polar surface area (TPSA) is 101 Å². The van der Waals surface area contributed by atoms with E-state index in [9.17, 15) is 4.79 Å². The third-order valence-corrected chi connectivity index (χ3v) is 6.16. The average Bonchev–Trinajstić information content (AvgIpc) is 2.90. The second-order valence-corrected chi connectivity index (χ2v) is 8.77. The second-order valence-electron chi connectivity index (χ2n) is 8.37. The van der Waals surface area contributed by atoms with Crippen molar-refractivity contribution in [2.24, 2.45) is 5.92 Å². The molecule has 0 saturated carbocycles. The molecule has 4 aromatic rings. The third-order valence-electron chi connectivity index (χ3n) is 5.87. The van der Waals surface area contributed by atoms with E-state index in [-0.39, 0.29) is 11.8 Å². The number of carbonyl (C=O) groups excluding carboxylic acids is 1. The molecule has 0 radical (unpaired) electrons. The van der Waals surface area contributed by atoms with Crippen molar-refractivity contribution in [2.75, 3.05) is 23.7 Å². The van der Waals surface area contributed by atoms with Gasteiger partial charge in [-0.2, -0.15) is 0 Å². The lowest BCUT2D eigenvalue weighted by Gasteiger charge is -2.22. The van der Waals surface area contributed by atoms with Gasteiger partial charge in [0, 0.05) is 29.5 Å². The smallest absolute Gasteiger partial charge is 0.228 e. The summed E-state index contributed by atoms with van der Waals surface area (Å²) < 4.78 is 5.81. The van der Waals surface area contributed by atoms with Gasteiger partial charge in [0.1, 0.15) is 24.5 Å². The molecule has 35 heavy (non-hydrogen) atoms. The van der Waals surface area contributed by atoms with Gasteiger partial charge in [0.05, 0.1) is 22.2 Å². The zero-order valence-electron chi connectivity index (χ0n) is 19.0. The number of halogens is 1. The molecule has 2 aromatic carbocycles. The van der Waals surface area contributed by atoms with Crippen LogP contribution in [0.25, 0.3) is 10.9 Å². The predicted octanol–water partition coefficient (Wildman–Crippen LogP) is 4.94. The molecule has 1 aliphatic rings. The van der Waals surface area contributed by atoms with E-state index in [2.05, 4.69) is 30.9 Å². The molecular formula is C26H25ClN6O2. The number of carbonyl (C=O) groups is 1. The molecule has 0 bridgehead atoms. The molecule has 0 spiro atoms. The lowest BCUT2D eigenvalue weighted by Crippen LogP contribution is -2.37. The fourth-order valence-corrected chi connectivity index (χ4v) is 4.26. The number of hydrogen-bond donors (Lipinski definition) is 3. The van der Waals surface area contributed by atoms with Crippen LogP contribution in [0, 0.1) is 5.92 Å². The van der Waals surface area contributed by atoms with Crippen LogP contribution < -0.4 is 20.7 Å².